The molecule has 2 N–H and O–H groups in total. The Morgan fingerprint density at radius 1 is 1.35 bits per heavy atom. The minimum atomic E-state index is -0.197. The molecule has 0 saturated carbocycles. The van der Waals surface area contributed by atoms with Gasteiger partial charge < -0.3 is 10.4 Å². The second-order valence-electron chi connectivity index (χ2n) is 3.95. The molecule has 1 aliphatic heterocycles. The van der Waals surface area contributed by atoms with Crippen molar-refractivity contribution < 1.29 is 9.90 Å². The zero-order chi connectivity index (χ0) is 14.1. The first-order valence-electron chi connectivity index (χ1n) is 5.62. The number of amides is 1. The Labute approximate surface area is 128 Å². The molecule has 7 heteroatoms. The van der Waals surface area contributed by atoms with Gasteiger partial charge in [0, 0.05) is 5.38 Å². The topological polar surface area (TPSA) is 62.2 Å². The molecule has 1 aromatic heterocycles. The second kappa shape index (κ2) is 5.35. The second-order valence-corrected chi connectivity index (χ2v) is 6.52. The summed E-state index contributed by atoms with van der Waals surface area (Å²) in [6.45, 7) is 0. The number of aromatic hydroxyl groups is 1. The van der Waals surface area contributed by atoms with Gasteiger partial charge >= 0.3 is 0 Å². The van der Waals surface area contributed by atoms with Gasteiger partial charge in [-0.3, -0.25) is 4.79 Å². The highest BCUT2D eigenvalue weighted by molar-refractivity contribution is 8.26. The Balaban J connectivity index is 1.92. The number of nitrogens with one attached hydrogen (secondary N) is 1. The molecule has 0 radical (unpaired) electrons. The number of hydrogen-bond acceptors (Lipinski definition) is 6. The molecule has 1 saturated heterocycles. The van der Waals surface area contributed by atoms with Gasteiger partial charge in [0.1, 0.15) is 15.1 Å². The Morgan fingerprint density at radius 2 is 2.15 bits per heavy atom. The van der Waals surface area contributed by atoms with Gasteiger partial charge in [-0.05, 0) is 18.2 Å². The highest BCUT2D eigenvalue weighted by Crippen LogP contribution is 2.32. The molecule has 1 fully saturated rings. The third-order valence-corrected chi connectivity index (χ3v) is 4.63. The summed E-state index contributed by atoms with van der Waals surface area (Å²) in [6.07, 6.45) is 1.69. The van der Waals surface area contributed by atoms with E-state index in [0.29, 0.717) is 25.5 Å². The first kappa shape index (κ1) is 13.3. The van der Waals surface area contributed by atoms with Gasteiger partial charge in [-0.15, -0.1) is 11.3 Å². The molecule has 1 amide bonds. The molecular formula is C13H8N2O2S3. The lowest BCUT2D eigenvalue weighted by Crippen LogP contribution is -2.17. The van der Waals surface area contributed by atoms with Crippen LogP contribution in [0.1, 0.15) is 5.69 Å². The minimum absolute atomic E-state index is 0.190. The molecule has 2 heterocycles. The standard InChI is InChI=1S/C13H8N2O2S3/c16-9-4-2-1-3-8(9)12-14-7(6-19-12)5-10-11(17)15-13(18)20-10/h1-6,16H,(H,15,17,18). The maximum Gasteiger partial charge on any atom is 0.263 e. The van der Waals surface area contributed by atoms with Crippen molar-refractivity contribution in [3.63, 3.8) is 0 Å². The molecule has 2 aromatic rings. The Morgan fingerprint density at radius 3 is 2.85 bits per heavy atom. The highest BCUT2D eigenvalue weighted by atomic mass is 32.2. The fraction of sp³-hybridized carbons (Fsp3) is 0. The molecule has 1 aliphatic rings. The van der Waals surface area contributed by atoms with Crippen molar-refractivity contribution in [3.8, 4) is 16.3 Å². The molecule has 0 atom stereocenters. The van der Waals surface area contributed by atoms with E-state index in [2.05, 4.69) is 10.3 Å². The van der Waals surface area contributed by atoms with Crippen LogP contribution < -0.4 is 5.32 Å². The number of aromatic nitrogens is 1. The van der Waals surface area contributed by atoms with Gasteiger partial charge in [0.15, 0.2) is 0 Å². The molecule has 1 aromatic carbocycles. The number of para-hydroxylation sites is 1. The zero-order valence-corrected chi connectivity index (χ0v) is 12.4. The highest BCUT2D eigenvalue weighted by Gasteiger charge is 2.22. The minimum Gasteiger partial charge on any atom is -0.507 e. The fourth-order valence-corrected chi connectivity index (χ4v) is 3.53. The number of rotatable bonds is 2. The molecule has 20 heavy (non-hydrogen) atoms. The molecule has 0 unspecified atom stereocenters. The maximum absolute atomic E-state index is 11.6. The number of hydrogen-bond donors (Lipinski definition) is 2. The van der Waals surface area contributed by atoms with E-state index >= 15 is 0 Å². The average molecular weight is 320 g/mol. The number of phenolic OH excluding ortho intramolecular Hbond substituents is 1. The number of thioether (sulfide) groups is 1. The van der Waals surface area contributed by atoms with E-state index in [4.69, 9.17) is 12.2 Å². The van der Waals surface area contributed by atoms with Gasteiger partial charge in [-0.25, -0.2) is 4.98 Å². The first-order chi connectivity index (χ1) is 9.63. The van der Waals surface area contributed by atoms with Crippen molar-refractivity contribution in [3.05, 3.63) is 40.2 Å². The van der Waals surface area contributed by atoms with Crippen LogP contribution in [0.2, 0.25) is 0 Å². The van der Waals surface area contributed by atoms with Crippen LogP contribution in [0.15, 0.2) is 34.6 Å². The van der Waals surface area contributed by atoms with Crippen LogP contribution in [0.25, 0.3) is 16.6 Å². The van der Waals surface area contributed by atoms with Crippen LogP contribution in [0.5, 0.6) is 5.75 Å². The van der Waals surface area contributed by atoms with Crippen molar-refractivity contribution in [1.29, 1.82) is 0 Å². The third kappa shape index (κ3) is 2.60. The Bertz CT molecular complexity index is 737. The van der Waals surface area contributed by atoms with E-state index in [-0.39, 0.29) is 11.7 Å². The van der Waals surface area contributed by atoms with Crippen molar-refractivity contribution >= 4 is 51.6 Å². The summed E-state index contributed by atoms with van der Waals surface area (Å²) < 4.78 is 0.456. The lowest BCUT2D eigenvalue weighted by molar-refractivity contribution is -0.115. The summed E-state index contributed by atoms with van der Waals surface area (Å²) in [4.78, 5) is 16.5. The Hall–Kier alpha value is -1.70. The van der Waals surface area contributed by atoms with Gasteiger partial charge in [-0.1, -0.05) is 36.1 Å². The lowest BCUT2D eigenvalue weighted by atomic mass is 10.2. The van der Waals surface area contributed by atoms with Gasteiger partial charge in [-0.2, -0.15) is 0 Å². The lowest BCUT2D eigenvalue weighted by Gasteiger charge is -1.98. The van der Waals surface area contributed by atoms with E-state index in [0.717, 1.165) is 0 Å². The van der Waals surface area contributed by atoms with Crippen LogP contribution in [-0.4, -0.2) is 20.3 Å². The van der Waals surface area contributed by atoms with Crippen LogP contribution in [0.4, 0.5) is 0 Å². The quantitative estimate of drug-likeness (QED) is 0.658. The number of thiocarbonyl (C=S) groups is 1. The molecule has 3 rings (SSSR count). The molecule has 0 bridgehead atoms. The van der Waals surface area contributed by atoms with Gasteiger partial charge in [0.25, 0.3) is 5.91 Å². The van der Waals surface area contributed by atoms with Crippen molar-refractivity contribution in [2.75, 3.05) is 0 Å². The van der Waals surface area contributed by atoms with Crippen LogP contribution in [-0.2, 0) is 4.79 Å². The molecule has 100 valence electrons. The van der Waals surface area contributed by atoms with Gasteiger partial charge in [0.05, 0.1) is 16.2 Å². The van der Waals surface area contributed by atoms with E-state index in [1.165, 1.54) is 23.1 Å². The number of thiazole rings is 1. The summed E-state index contributed by atoms with van der Waals surface area (Å²) in [5.41, 5.74) is 1.36. The van der Waals surface area contributed by atoms with Crippen molar-refractivity contribution in [2.45, 2.75) is 0 Å². The van der Waals surface area contributed by atoms with Crippen molar-refractivity contribution in [1.82, 2.24) is 10.3 Å². The summed E-state index contributed by atoms with van der Waals surface area (Å²) in [7, 11) is 0. The smallest absolute Gasteiger partial charge is 0.263 e. The average Bonchev–Trinajstić information content (AvgIpc) is 2.98. The molecular weight excluding hydrogens is 312 g/mol. The third-order valence-electron chi connectivity index (χ3n) is 2.58. The van der Waals surface area contributed by atoms with E-state index in [9.17, 15) is 9.90 Å². The van der Waals surface area contributed by atoms with Gasteiger partial charge in [0.2, 0.25) is 0 Å². The maximum atomic E-state index is 11.6. The summed E-state index contributed by atoms with van der Waals surface area (Å²) in [5.74, 6) is -0.00711. The summed E-state index contributed by atoms with van der Waals surface area (Å²) >= 11 is 7.56. The van der Waals surface area contributed by atoms with Crippen LogP contribution >= 0.6 is 35.3 Å². The largest absolute Gasteiger partial charge is 0.507 e. The first-order valence-corrected chi connectivity index (χ1v) is 7.72. The number of benzene rings is 1. The summed E-state index contributed by atoms with van der Waals surface area (Å²) in [5, 5.41) is 14.9. The molecule has 0 aliphatic carbocycles. The zero-order valence-electron chi connectivity index (χ0n) is 9.99. The predicted molar refractivity (Wildman–Crippen MR) is 85.5 cm³/mol. The van der Waals surface area contributed by atoms with E-state index in [1.807, 2.05) is 11.4 Å². The number of carbonyl (C=O) groups is 1. The molecule has 0 spiro atoms. The van der Waals surface area contributed by atoms with Crippen LogP contribution in [0.3, 0.4) is 0 Å². The summed E-state index contributed by atoms with van der Waals surface area (Å²) in [6, 6.07) is 7.02. The molecule has 4 nitrogen and oxygen atoms in total. The SMILES string of the molecule is O=C1NC(=S)SC1=Cc1csc(-c2ccccc2O)n1. The van der Waals surface area contributed by atoms with E-state index in [1.54, 1.807) is 24.3 Å². The van der Waals surface area contributed by atoms with Crippen molar-refractivity contribution in [2.24, 2.45) is 0 Å². The number of carbonyl (C=O) groups excluding carboxylic acids is 1. The number of nitrogens with zero attached hydrogens (tertiary/aromatic N) is 1. The Kier molecular flexibility index (Phi) is 3.56. The normalized spacial score (nSPS) is 16.7. The van der Waals surface area contributed by atoms with Crippen LogP contribution in [0, 0.1) is 0 Å². The van der Waals surface area contributed by atoms with E-state index < -0.39 is 0 Å². The number of phenols is 1. The predicted octanol–water partition coefficient (Wildman–Crippen LogP) is 3.00. The monoisotopic (exact) mass is 320 g/mol. The fourth-order valence-electron chi connectivity index (χ4n) is 1.69.